The molecule has 0 N–H and O–H groups in total. The van der Waals surface area contributed by atoms with Gasteiger partial charge in [0, 0.05) is 30.2 Å². The second-order valence-corrected chi connectivity index (χ2v) is 8.89. The van der Waals surface area contributed by atoms with E-state index in [0.29, 0.717) is 0 Å². The maximum Gasteiger partial charge on any atom is 0.182 e. The molecule has 0 amide bonds. The van der Waals surface area contributed by atoms with Crippen LogP contribution < -0.4 is 4.90 Å². The van der Waals surface area contributed by atoms with Crippen LogP contribution in [0.15, 0.2) is 24.3 Å². The molecule has 0 radical (unpaired) electrons. The Morgan fingerprint density at radius 2 is 1.93 bits per heavy atom. The molecule has 1 aliphatic carbocycles. The van der Waals surface area contributed by atoms with E-state index in [2.05, 4.69) is 36.1 Å². The van der Waals surface area contributed by atoms with E-state index >= 15 is 0 Å². The molecule has 27 heavy (non-hydrogen) atoms. The van der Waals surface area contributed by atoms with Gasteiger partial charge in [0.1, 0.15) is 10.7 Å². The summed E-state index contributed by atoms with van der Waals surface area (Å²) in [6.45, 7) is 4.36. The SMILES string of the molecule is Cc1nc2sc3c(c2c2nc(-c4ccc(N(C)C)cc4)nn12)CC(C)CC3. The highest BCUT2D eigenvalue weighted by atomic mass is 32.1. The van der Waals surface area contributed by atoms with E-state index in [4.69, 9.17) is 15.1 Å². The number of hydrogen-bond donors (Lipinski definition) is 0. The Morgan fingerprint density at radius 1 is 1.15 bits per heavy atom. The summed E-state index contributed by atoms with van der Waals surface area (Å²) in [5, 5.41) is 6.01. The van der Waals surface area contributed by atoms with Crippen molar-refractivity contribution in [3.8, 4) is 11.4 Å². The normalized spacial score (nSPS) is 16.8. The summed E-state index contributed by atoms with van der Waals surface area (Å²) in [7, 11) is 4.09. The van der Waals surface area contributed by atoms with Gasteiger partial charge < -0.3 is 4.90 Å². The fraction of sp³-hybridized carbons (Fsp3) is 0.381. The minimum atomic E-state index is 0.720. The van der Waals surface area contributed by atoms with Crippen molar-refractivity contribution in [2.45, 2.75) is 33.1 Å². The molecule has 5 rings (SSSR count). The third-order valence-corrected chi connectivity index (χ3v) is 6.72. The Bertz CT molecular complexity index is 1150. The lowest BCUT2D eigenvalue weighted by atomic mass is 9.89. The molecule has 0 aliphatic heterocycles. The van der Waals surface area contributed by atoms with Crippen LogP contribution in [0.25, 0.3) is 27.3 Å². The minimum absolute atomic E-state index is 0.720. The van der Waals surface area contributed by atoms with Crippen molar-refractivity contribution in [3.63, 3.8) is 0 Å². The number of rotatable bonds is 2. The van der Waals surface area contributed by atoms with Crippen LogP contribution >= 0.6 is 11.3 Å². The van der Waals surface area contributed by atoms with Gasteiger partial charge >= 0.3 is 0 Å². The maximum atomic E-state index is 4.96. The lowest BCUT2D eigenvalue weighted by molar-refractivity contribution is 0.508. The van der Waals surface area contributed by atoms with Gasteiger partial charge in [0.25, 0.3) is 0 Å². The topological polar surface area (TPSA) is 46.3 Å². The Hall–Kier alpha value is -2.47. The van der Waals surface area contributed by atoms with Gasteiger partial charge in [-0.15, -0.1) is 16.4 Å². The van der Waals surface area contributed by atoms with E-state index in [-0.39, 0.29) is 0 Å². The largest absolute Gasteiger partial charge is 0.378 e. The molecule has 5 nitrogen and oxygen atoms in total. The van der Waals surface area contributed by atoms with E-state index in [1.165, 1.54) is 27.9 Å². The van der Waals surface area contributed by atoms with Crippen LogP contribution in [-0.4, -0.2) is 33.7 Å². The first-order valence-corrected chi connectivity index (χ1v) is 10.3. The molecule has 1 atom stereocenters. The van der Waals surface area contributed by atoms with Crippen molar-refractivity contribution in [3.05, 3.63) is 40.5 Å². The third-order valence-electron chi connectivity index (χ3n) is 5.53. The standard InChI is InChI=1S/C21H23N5S/c1-12-5-10-17-16(11-12)18-20-23-19(14-6-8-15(9-7-14)25(3)4)24-26(20)13(2)22-21(18)27-17/h6-9,12H,5,10-11H2,1-4H3. The molecule has 138 valence electrons. The van der Waals surface area contributed by atoms with Crippen LogP contribution in [0.4, 0.5) is 5.69 Å². The zero-order chi connectivity index (χ0) is 18.7. The number of aromatic nitrogens is 4. The summed E-state index contributed by atoms with van der Waals surface area (Å²) in [5.41, 5.74) is 4.61. The van der Waals surface area contributed by atoms with Crippen molar-refractivity contribution >= 4 is 32.9 Å². The monoisotopic (exact) mass is 377 g/mol. The summed E-state index contributed by atoms with van der Waals surface area (Å²) in [6, 6.07) is 8.40. The Labute approximate surface area is 162 Å². The van der Waals surface area contributed by atoms with Crippen molar-refractivity contribution in [2.75, 3.05) is 19.0 Å². The lowest BCUT2D eigenvalue weighted by Gasteiger charge is -2.17. The van der Waals surface area contributed by atoms with Crippen LogP contribution in [0.1, 0.15) is 29.6 Å². The smallest absolute Gasteiger partial charge is 0.182 e. The second kappa shape index (κ2) is 6.02. The number of benzene rings is 1. The fourth-order valence-corrected chi connectivity index (χ4v) is 5.23. The Balaban J connectivity index is 1.71. The van der Waals surface area contributed by atoms with Crippen LogP contribution in [0.5, 0.6) is 0 Å². The number of thiophene rings is 1. The average Bonchev–Trinajstić information content (AvgIpc) is 3.23. The summed E-state index contributed by atoms with van der Waals surface area (Å²) in [4.78, 5) is 14.5. The molecule has 1 aromatic carbocycles. The van der Waals surface area contributed by atoms with Gasteiger partial charge in [-0.3, -0.25) is 0 Å². The third kappa shape index (κ3) is 2.62. The first-order valence-electron chi connectivity index (χ1n) is 9.46. The highest BCUT2D eigenvalue weighted by molar-refractivity contribution is 7.19. The molecule has 3 aromatic heterocycles. The molecule has 4 aromatic rings. The van der Waals surface area contributed by atoms with E-state index in [9.17, 15) is 0 Å². The Kier molecular flexibility index (Phi) is 3.72. The lowest BCUT2D eigenvalue weighted by Crippen LogP contribution is -2.09. The van der Waals surface area contributed by atoms with Gasteiger partial charge in [-0.05, 0) is 61.9 Å². The van der Waals surface area contributed by atoms with Gasteiger partial charge in [0.2, 0.25) is 0 Å². The Morgan fingerprint density at radius 3 is 2.67 bits per heavy atom. The molecule has 0 fully saturated rings. The molecule has 0 saturated carbocycles. The predicted octanol–water partition coefficient (Wildman–Crippen LogP) is 4.51. The summed E-state index contributed by atoms with van der Waals surface area (Å²) in [5.74, 6) is 2.38. The van der Waals surface area contributed by atoms with Gasteiger partial charge in [-0.25, -0.2) is 9.97 Å². The van der Waals surface area contributed by atoms with E-state index in [1.807, 2.05) is 36.9 Å². The van der Waals surface area contributed by atoms with Gasteiger partial charge in [-0.1, -0.05) is 6.92 Å². The quantitative estimate of drug-likeness (QED) is 0.516. The highest BCUT2D eigenvalue weighted by Gasteiger charge is 2.24. The number of anilines is 1. The summed E-state index contributed by atoms with van der Waals surface area (Å²) >= 11 is 1.84. The second-order valence-electron chi connectivity index (χ2n) is 7.80. The highest BCUT2D eigenvalue weighted by Crippen LogP contribution is 2.39. The molecule has 6 heteroatoms. The van der Waals surface area contributed by atoms with Crippen LogP contribution in [0.3, 0.4) is 0 Å². The minimum Gasteiger partial charge on any atom is -0.378 e. The van der Waals surface area contributed by atoms with Gasteiger partial charge in [0.05, 0.1) is 5.39 Å². The number of fused-ring (bicyclic) bond motifs is 5. The first kappa shape index (κ1) is 16.7. The molecule has 0 spiro atoms. The van der Waals surface area contributed by atoms with Crippen molar-refractivity contribution in [1.82, 2.24) is 19.6 Å². The molecular formula is C21H23N5S. The zero-order valence-electron chi connectivity index (χ0n) is 16.2. The van der Waals surface area contributed by atoms with Crippen molar-refractivity contribution in [2.24, 2.45) is 5.92 Å². The van der Waals surface area contributed by atoms with E-state index in [1.54, 1.807) is 0 Å². The van der Waals surface area contributed by atoms with Crippen LogP contribution in [0.2, 0.25) is 0 Å². The molecule has 1 unspecified atom stereocenters. The summed E-state index contributed by atoms with van der Waals surface area (Å²) < 4.78 is 1.92. The van der Waals surface area contributed by atoms with E-state index in [0.717, 1.165) is 46.4 Å². The van der Waals surface area contributed by atoms with Crippen molar-refractivity contribution in [1.29, 1.82) is 0 Å². The fourth-order valence-electron chi connectivity index (χ4n) is 3.98. The maximum absolute atomic E-state index is 4.96. The van der Waals surface area contributed by atoms with Gasteiger partial charge in [0.15, 0.2) is 11.5 Å². The summed E-state index contributed by atoms with van der Waals surface area (Å²) in [6.07, 6.45) is 3.55. The van der Waals surface area contributed by atoms with Crippen LogP contribution in [-0.2, 0) is 12.8 Å². The average molecular weight is 378 g/mol. The molecule has 0 bridgehead atoms. The number of hydrogen-bond acceptors (Lipinski definition) is 5. The molecule has 0 saturated heterocycles. The molecular weight excluding hydrogens is 354 g/mol. The van der Waals surface area contributed by atoms with Crippen molar-refractivity contribution < 1.29 is 0 Å². The molecule has 3 heterocycles. The van der Waals surface area contributed by atoms with Gasteiger partial charge in [-0.2, -0.15) is 4.52 Å². The van der Waals surface area contributed by atoms with E-state index < -0.39 is 0 Å². The zero-order valence-corrected chi connectivity index (χ0v) is 17.0. The first-order chi connectivity index (χ1) is 13.0. The number of aryl methyl sites for hydroxylation is 2. The number of nitrogens with zero attached hydrogens (tertiary/aromatic N) is 5. The van der Waals surface area contributed by atoms with Crippen LogP contribution in [0, 0.1) is 12.8 Å². The predicted molar refractivity (Wildman–Crippen MR) is 112 cm³/mol. The molecule has 1 aliphatic rings.